The number of carbonyl (C=O) groups is 1. The first kappa shape index (κ1) is 8.10. The van der Waals surface area contributed by atoms with Crippen LogP contribution in [0.4, 0.5) is 5.82 Å². The lowest BCUT2D eigenvalue weighted by molar-refractivity contribution is -0.130. The van der Waals surface area contributed by atoms with Gasteiger partial charge in [-0.15, -0.1) is 0 Å². The standard InChI is InChI=1S/C8H11N3O2/c1-5(12)11-3-2-6-7(4-11)13-10-8(6)9/h2-4H2,1H3,(H2,9,10). The predicted molar refractivity (Wildman–Crippen MR) is 45.7 cm³/mol. The Labute approximate surface area is 75.5 Å². The van der Waals surface area contributed by atoms with Gasteiger partial charge >= 0.3 is 0 Å². The van der Waals surface area contributed by atoms with E-state index in [2.05, 4.69) is 5.16 Å². The number of hydrogen-bond acceptors (Lipinski definition) is 4. The van der Waals surface area contributed by atoms with E-state index < -0.39 is 0 Å². The Morgan fingerprint density at radius 1 is 1.69 bits per heavy atom. The molecule has 1 aliphatic rings. The quantitative estimate of drug-likeness (QED) is 0.618. The van der Waals surface area contributed by atoms with Gasteiger partial charge in [0, 0.05) is 19.0 Å². The minimum Gasteiger partial charge on any atom is -0.381 e. The zero-order chi connectivity index (χ0) is 9.42. The highest BCUT2D eigenvalue weighted by atomic mass is 16.5. The molecule has 0 radical (unpaired) electrons. The number of nitrogens with zero attached hydrogens (tertiary/aromatic N) is 2. The van der Waals surface area contributed by atoms with E-state index in [4.69, 9.17) is 10.3 Å². The van der Waals surface area contributed by atoms with Crippen molar-refractivity contribution in [3.8, 4) is 0 Å². The summed E-state index contributed by atoms with van der Waals surface area (Å²) in [5.41, 5.74) is 6.53. The largest absolute Gasteiger partial charge is 0.381 e. The van der Waals surface area contributed by atoms with Crippen LogP contribution >= 0.6 is 0 Å². The molecule has 0 spiro atoms. The molecule has 5 heteroatoms. The summed E-state index contributed by atoms with van der Waals surface area (Å²) >= 11 is 0. The van der Waals surface area contributed by atoms with Gasteiger partial charge in [0.2, 0.25) is 5.91 Å². The average molecular weight is 181 g/mol. The summed E-state index contributed by atoms with van der Waals surface area (Å²) in [6.45, 7) is 2.74. The molecule has 70 valence electrons. The number of hydrogen-bond donors (Lipinski definition) is 1. The number of anilines is 1. The Kier molecular flexibility index (Phi) is 1.72. The molecular weight excluding hydrogens is 170 g/mol. The second-order valence-corrected chi connectivity index (χ2v) is 3.16. The van der Waals surface area contributed by atoms with Crippen molar-refractivity contribution in [3.63, 3.8) is 0 Å². The SMILES string of the molecule is CC(=O)N1CCc2c(N)noc2C1. The normalized spacial score (nSPS) is 15.6. The van der Waals surface area contributed by atoms with Crippen LogP contribution in [0.25, 0.3) is 0 Å². The first-order valence-corrected chi connectivity index (χ1v) is 4.17. The van der Waals surface area contributed by atoms with Gasteiger partial charge in [-0.1, -0.05) is 5.16 Å². The van der Waals surface area contributed by atoms with E-state index in [0.29, 0.717) is 18.9 Å². The number of nitrogen functional groups attached to an aromatic ring is 1. The van der Waals surface area contributed by atoms with Crippen molar-refractivity contribution in [3.05, 3.63) is 11.3 Å². The Bertz CT molecular complexity index is 345. The molecule has 0 saturated carbocycles. The molecule has 13 heavy (non-hydrogen) atoms. The minimum atomic E-state index is 0.0561. The molecule has 1 aromatic rings. The summed E-state index contributed by atoms with van der Waals surface area (Å²) < 4.78 is 5.00. The highest BCUT2D eigenvalue weighted by Crippen LogP contribution is 2.23. The molecule has 0 saturated heterocycles. The van der Waals surface area contributed by atoms with Crippen molar-refractivity contribution in [1.29, 1.82) is 0 Å². The Balaban J connectivity index is 2.25. The number of carbonyl (C=O) groups excluding carboxylic acids is 1. The summed E-state index contributed by atoms with van der Waals surface area (Å²) in [6.07, 6.45) is 0.740. The number of rotatable bonds is 0. The monoisotopic (exact) mass is 181 g/mol. The zero-order valence-electron chi connectivity index (χ0n) is 7.41. The summed E-state index contributed by atoms with van der Waals surface area (Å²) in [6, 6.07) is 0. The molecule has 1 amide bonds. The Hall–Kier alpha value is -1.52. The van der Waals surface area contributed by atoms with Gasteiger partial charge in [0.25, 0.3) is 0 Å². The lowest BCUT2D eigenvalue weighted by Gasteiger charge is -2.23. The fraction of sp³-hybridized carbons (Fsp3) is 0.500. The van der Waals surface area contributed by atoms with E-state index in [1.807, 2.05) is 0 Å². The van der Waals surface area contributed by atoms with E-state index in [1.54, 1.807) is 11.8 Å². The van der Waals surface area contributed by atoms with Crippen molar-refractivity contribution >= 4 is 11.7 Å². The number of fused-ring (bicyclic) bond motifs is 1. The molecule has 0 fully saturated rings. The van der Waals surface area contributed by atoms with E-state index >= 15 is 0 Å². The third-order valence-electron chi connectivity index (χ3n) is 2.31. The molecular formula is C8H11N3O2. The summed E-state index contributed by atoms with van der Waals surface area (Å²) in [5, 5.41) is 3.66. The lowest BCUT2D eigenvalue weighted by Crippen LogP contribution is -2.33. The van der Waals surface area contributed by atoms with Crippen LogP contribution in [0.3, 0.4) is 0 Å². The fourth-order valence-corrected chi connectivity index (χ4v) is 1.52. The molecule has 2 rings (SSSR count). The summed E-state index contributed by atoms with van der Waals surface area (Å²) in [4.78, 5) is 12.8. The van der Waals surface area contributed by atoms with Gasteiger partial charge in [-0.05, 0) is 6.42 Å². The van der Waals surface area contributed by atoms with Crippen LogP contribution in [-0.2, 0) is 17.8 Å². The van der Waals surface area contributed by atoms with Crippen LogP contribution in [0.5, 0.6) is 0 Å². The van der Waals surface area contributed by atoms with Gasteiger partial charge < -0.3 is 15.2 Å². The molecule has 0 unspecified atom stereocenters. The maximum atomic E-state index is 11.0. The van der Waals surface area contributed by atoms with Crippen LogP contribution in [-0.4, -0.2) is 22.5 Å². The van der Waals surface area contributed by atoms with Gasteiger partial charge in [-0.25, -0.2) is 0 Å². The van der Waals surface area contributed by atoms with Gasteiger partial charge in [-0.3, -0.25) is 4.79 Å². The van der Waals surface area contributed by atoms with E-state index in [-0.39, 0.29) is 5.91 Å². The molecule has 2 N–H and O–H groups in total. The van der Waals surface area contributed by atoms with Crippen LogP contribution < -0.4 is 5.73 Å². The van der Waals surface area contributed by atoms with Crippen molar-refractivity contribution < 1.29 is 9.32 Å². The summed E-state index contributed by atoms with van der Waals surface area (Å²) in [7, 11) is 0. The topological polar surface area (TPSA) is 72.4 Å². The van der Waals surface area contributed by atoms with E-state index in [1.165, 1.54) is 0 Å². The third kappa shape index (κ3) is 1.26. The number of nitrogens with two attached hydrogens (primary N) is 1. The van der Waals surface area contributed by atoms with Crippen molar-refractivity contribution in [2.75, 3.05) is 12.3 Å². The van der Waals surface area contributed by atoms with Crippen LogP contribution in [0.1, 0.15) is 18.2 Å². The number of amides is 1. The zero-order valence-corrected chi connectivity index (χ0v) is 7.41. The van der Waals surface area contributed by atoms with Crippen LogP contribution in [0, 0.1) is 0 Å². The lowest BCUT2D eigenvalue weighted by atomic mass is 10.1. The van der Waals surface area contributed by atoms with Crippen molar-refractivity contribution in [2.24, 2.45) is 0 Å². The molecule has 2 heterocycles. The molecule has 0 aliphatic carbocycles. The van der Waals surface area contributed by atoms with Gasteiger partial charge in [0.1, 0.15) is 0 Å². The fourth-order valence-electron chi connectivity index (χ4n) is 1.52. The van der Waals surface area contributed by atoms with Crippen LogP contribution in [0.15, 0.2) is 4.52 Å². The molecule has 1 aromatic heterocycles. The number of aromatic nitrogens is 1. The first-order valence-electron chi connectivity index (χ1n) is 4.17. The van der Waals surface area contributed by atoms with Gasteiger partial charge in [0.15, 0.2) is 11.6 Å². The first-order chi connectivity index (χ1) is 6.18. The molecule has 0 aromatic carbocycles. The van der Waals surface area contributed by atoms with Gasteiger partial charge in [0.05, 0.1) is 6.54 Å². The average Bonchev–Trinajstić information content (AvgIpc) is 2.47. The van der Waals surface area contributed by atoms with Gasteiger partial charge in [-0.2, -0.15) is 0 Å². The molecule has 0 atom stereocenters. The Morgan fingerprint density at radius 2 is 2.46 bits per heavy atom. The second kappa shape index (κ2) is 2.76. The smallest absolute Gasteiger partial charge is 0.219 e. The maximum absolute atomic E-state index is 11.0. The predicted octanol–water partition coefficient (Wildman–Crippen LogP) is 0.161. The Morgan fingerprint density at radius 3 is 3.15 bits per heavy atom. The highest BCUT2D eigenvalue weighted by molar-refractivity contribution is 5.73. The van der Waals surface area contributed by atoms with Crippen LogP contribution in [0.2, 0.25) is 0 Å². The van der Waals surface area contributed by atoms with E-state index in [0.717, 1.165) is 17.7 Å². The minimum absolute atomic E-state index is 0.0561. The maximum Gasteiger partial charge on any atom is 0.219 e. The molecule has 0 bridgehead atoms. The highest BCUT2D eigenvalue weighted by Gasteiger charge is 2.23. The van der Waals surface area contributed by atoms with Crippen molar-refractivity contribution in [1.82, 2.24) is 10.1 Å². The van der Waals surface area contributed by atoms with Crippen molar-refractivity contribution in [2.45, 2.75) is 19.9 Å². The third-order valence-corrected chi connectivity index (χ3v) is 2.31. The molecule has 1 aliphatic heterocycles. The molecule has 5 nitrogen and oxygen atoms in total. The van der Waals surface area contributed by atoms with E-state index in [9.17, 15) is 4.79 Å². The summed E-state index contributed by atoms with van der Waals surface area (Å²) in [5.74, 6) is 1.23. The second-order valence-electron chi connectivity index (χ2n) is 3.16.